The van der Waals surface area contributed by atoms with Gasteiger partial charge in [-0.3, -0.25) is 0 Å². The molecule has 2 fully saturated rings. The minimum Gasteiger partial charge on any atom is -0.465 e. The summed E-state index contributed by atoms with van der Waals surface area (Å²) in [6.07, 6.45) is 1.29. The van der Waals surface area contributed by atoms with Crippen molar-refractivity contribution in [3.05, 3.63) is 35.4 Å². The fourth-order valence-electron chi connectivity index (χ4n) is 3.44. The average molecular weight is 391 g/mol. The monoisotopic (exact) mass is 391 g/mol. The number of carbonyl (C=O) groups is 2. The highest BCUT2D eigenvalue weighted by Crippen LogP contribution is 2.34. The predicted octanol–water partition coefficient (Wildman–Crippen LogP) is 3.33. The van der Waals surface area contributed by atoms with Crippen molar-refractivity contribution in [2.45, 2.75) is 57.5 Å². The van der Waals surface area contributed by atoms with E-state index in [1.54, 1.807) is 17.0 Å². The van der Waals surface area contributed by atoms with Crippen molar-refractivity contribution < 1.29 is 28.5 Å². The molecule has 154 valence electrons. The first-order valence-corrected chi connectivity index (χ1v) is 9.68. The number of methoxy groups -OCH3 is 1. The molecule has 1 amide bonds. The van der Waals surface area contributed by atoms with E-state index in [4.69, 9.17) is 18.9 Å². The first kappa shape index (κ1) is 20.6. The minimum absolute atomic E-state index is 0.0536. The molecule has 1 aromatic carbocycles. The number of carbonyl (C=O) groups excluding carboxylic acids is 2. The van der Waals surface area contributed by atoms with Crippen LogP contribution < -0.4 is 0 Å². The summed E-state index contributed by atoms with van der Waals surface area (Å²) in [4.78, 5) is 26.2. The second-order valence-electron chi connectivity index (χ2n) is 8.25. The van der Waals surface area contributed by atoms with Crippen molar-refractivity contribution in [1.82, 2.24) is 4.90 Å². The zero-order valence-corrected chi connectivity index (χ0v) is 17.0. The summed E-state index contributed by atoms with van der Waals surface area (Å²) >= 11 is 0. The van der Waals surface area contributed by atoms with E-state index in [9.17, 15) is 9.59 Å². The highest BCUT2D eigenvalue weighted by Gasteiger charge is 2.37. The molecule has 0 radical (unpaired) electrons. The smallest absolute Gasteiger partial charge is 0.410 e. The molecule has 0 bridgehead atoms. The van der Waals surface area contributed by atoms with Gasteiger partial charge in [-0.1, -0.05) is 12.1 Å². The number of piperidine rings is 1. The van der Waals surface area contributed by atoms with Gasteiger partial charge in [0.2, 0.25) is 0 Å². The standard InChI is InChI=1S/C21H29NO6/c1-21(2,3)28-20(24)22-10-9-16(27-17-12-26-13-17)11-18(22)14-5-7-15(8-6-14)19(23)25-4/h5-8,16-18H,9-13H2,1-4H3. The van der Waals surface area contributed by atoms with Crippen LogP contribution in [0.15, 0.2) is 24.3 Å². The molecule has 3 rings (SSSR count). The van der Waals surface area contributed by atoms with Gasteiger partial charge >= 0.3 is 12.1 Å². The summed E-state index contributed by atoms with van der Waals surface area (Å²) in [6, 6.07) is 6.99. The van der Waals surface area contributed by atoms with E-state index in [-0.39, 0.29) is 30.3 Å². The van der Waals surface area contributed by atoms with E-state index in [1.807, 2.05) is 32.9 Å². The number of hydrogen-bond acceptors (Lipinski definition) is 6. The normalized spacial score (nSPS) is 23.1. The Labute approximate surface area is 165 Å². The number of esters is 1. The summed E-state index contributed by atoms with van der Waals surface area (Å²) < 4.78 is 21.7. The number of nitrogens with zero attached hydrogens (tertiary/aromatic N) is 1. The molecule has 2 aliphatic heterocycles. The molecule has 1 aromatic rings. The lowest BCUT2D eigenvalue weighted by atomic mass is 9.92. The molecule has 7 nitrogen and oxygen atoms in total. The fourth-order valence-corrected chi connectivity index (χ4v) is 3.44. The van der Waals surface area contributed by atoms with Gasteiger partial charge in [0.05, 0.1) is 38.0 Å². The van der Waals surface area contributed by atoms with Gasteiger partial charge in [-0.05, 0) is 51.3 Å². The van der Waals surface area contributed by atoms with E-state index in [1.165, 1.54) is 7.11 Å². The SMILES string of the molecule is COC(=O)c1ccc(C2CC(OC3COC3)CCN2C(=O)OC(C)(C)C)cc1. The van der Waals surface area contributed by atoms with Crippen LogP contribution in [-0.4, -0.2) is 61.6 Å². The fraction of sp³-hybridized carbons (Fsp3) is 0.619. The highest BCUT2D eigenvalue weighted by molar-refractivity contribution is 5.89. The van der Waals surface area contributed by atoms with Crippen LogP contribution in [0.5, 0.6) is 0 Å². The molecule has 0 aromatic heterocycles. The van der Waals surface area contributed by atoms with E-state index < -0.39 is 5.60 Å². The quantitative estimate of drug-likeness (QED) is 0.733. The van der Waals surface area contributed by atoms with Crippen LogP contribution in [0.3, 0.4) is 0 Å². The maximum Gasteiger partial charge on any atom is 0.410 e. The zero-order chi connectivity index (χ0) is 20.3. The van der Waals surface area contributed by atoms with Crippen LogP contribution in [0, 0.1) is 0 Å². The highest BCUT2D eigenvalue weighted by atomic mass is 16.6. The van der Waals surface area contributed by atoms with Gasteiger partial charge in [0.25, 0.3) is 0 Å². The topological polar surface area (TPSA) is 74.3 Å². The summed E-state index contributed by atoms with van der Waals surface area (Å²) in [5, 5.41) is 0. The van der Waals surface area contributed by atoms with Crippen LogP contribution >= 0.6 is 0 Å². The largest absolute Gasteiger partial charge is 0.465 e. The third-order valence-electron chi connectivity index (χ3n) is 4.89. The van der Waals surface area contributed by atoms with Gasteiger partial charge < -0.3 is 23.8 Å². The van der Waals surface area contributed by atoms with Crippen molar-refractivity contribution in [2.75, 3.05) is 26.9 Å². The maximum atomic E-state index is 12.8. The molecule has 2 aliphatic rings. The first-order chi connectivity index (χ1) is 13.3. The summed E-state index contributed by atoms with van der Waals surface area (Å²) in [5.74, 6) is -0.384. The molecule has 2 atom stereocenters. The van der Waals surface area contributed by atoms with Crippen LogP contribution in [0.1, 0.15) is 55.6 Å². The summed E-state index contributed by atoms with van der Waals surface area (Å²) in [7, 11) is 1.35. The summed E-state index contributed by atoms with van der Waals surface area (Å²) in [6.45, 7) is 7.39. The van der Waals surface area contributed by atoms with E-state index >= 15 is 0 Å². The minimum atomic E-state index is -0.563. The van der Waals surface area contributed by atoms with Gasteiger partial charge in [0, 0.05) is 6.54 Å². The van der Waals surface area contributed by atoms with Gasteiger partial charge in [-0.15, -0.1) is 0 Å². The number of likely N-dealkylation sites (tertiary alicyclic amines) is 1. The molecule has 0 N–H and O–H groups in total. The Balaban J connectivity index is 1.78. The zero-order valence-electron chi connectivity index (χ0n) is 17.0. The number of hydrogen-bond donors (Lipinski definition) is 0. The molecule has 2 unspecified atom stereocenters. The molecule has 0 saturated carbocycles. The molecule has 0 spiro atoms. The molecular formula is C21H29NO6. The lowest BCUT2D eigenvalue weighted by molar-refractivity contribution is -0.166. The van der Waals surface area contributed by atoms with E-state index in [0.29, 0.717) is 31.7 Å². The Morgan fingerprint density at radius 1 is 1.11 bits per heavy atom. The van der Waals surface area contributed by atoms with E-state index in [0.717, 1.165) is 12.0 Å². The third-order valence-corrected chi connectivity index (χ3v) is 4.89. The Kier molecular flexibility index (Phi) is 6.25. The number of rotatable bonds is 4. The van der Waals surface area contributed by atoms with Gasteiger partial charge in [-0.2, -0.15) is 0 Å². The van der Waals surface area contributed by atoms with Gasteiger partial charge in [0.15, 0.2) is 0 Å². The molecular weight excluding hydrogens is 362 g/mol. The van der Waals surface area contributed by atoms with Crippen LogP contribution in [0.2, 0.25) is 0 Å². The van der Waals surface area contributed by atoms with Crippen molar-refractivity contribution in [3.63, 3.8) is 0 Å². The molecule has 28 heavy (non-hydrogen) atoms. The molecule has 0 aliphatic carbocycles. The number of amides is 1. The third kappa shape index (κ3) is 5.02. The van der Waals surface area contributed by atoms with Crippen molar-refractivity contribution in [3.8, 4) is 0 Å². The number of ether oxygens (including phenoxy) is 4. The second-order valence-corrected chi connectivity index (χ2v) is 8.25. The molecule has 2 saturated heterocycles. The lowest BCUT2D eigenvalue weighted by Gasteiger charge is -2.41. The molecule has 2 heterocycles. The maximum absolute atomic E-state index is 12.8. The summed E-state index contributed by atoms with van der Waals surface area (Å²) in [5.41, 5.74) is 0.856. The first-order valence-electron chi connectivity index (χ1n) is 9.68. The second kappa shape index (κ2) is 8.49. The Bertz CT molecular complexity index is 692. The van der Waals surface area contributed by atoms with Crippen LogP contribution in [-0.2, 0) is 18.9 Å². The Morgan fingerprint density at radius 2 is 1.79 bits per heavy atom. The average Bonchev–Trinajstić information content (AvgIpc) is 2.62. The lowest BCUT2D eigenvalue weighted by Crippen LogP contribution is -2.47. The van der Waals surface area contributed by atoms with Crippen molar-refractivity contribution in [2.24, 2.45) is 0 Å². The Morgan fingerprint density at radius 3 is 2.32 bits per heavy atom. The van der Waals surface area contributed by atoms with Gasteiger partial charge in [-0.25, -0.2) is 9.59 Å². The van der Waals surface area contributed by atoms with Crippen LogP contribution in [0.4, 0.5) is 4.79 Å². The predicted molar refractivity (Wildman–Crippen MR) is 102 cm³/mol. The van der Waals surface area contributed by atoms with Gasteiger partial charge in [0.1, 0.15) is 11.7 Å². The van der Waals surface area contributed by atoms with Crippen molar-refractivity contribution in [1.29, 1.82) is 0 Å². The van der Waals surface area contributed by atoms with Crippen LogP contribution in [0.25, 0.3) is 0 Å². The number of benzene rings is 1. The van der Waals surface area contributed by atoms with E-state index in [2.05, 4.69) is 0 Å². The molecule has 7 heteroatoms. The van der Waals surface area contributed by atoms with Crippen molar-refractivity contribution >= 4 is 12.1 Å². The Hall–Kier alpha value is -2.12.